The number of carbonyl (C=O) groups is 1. The summed E-state index contributed by atoms with van der Waals surface area (Å²) in [6, 6.07) is 7.17. The van der Waals surface area contributed by atoms with Crippen LogP contribution in [0.5, 0.6) is 5.75 Å². The number of halogens is 1. The molecule has 0 radical (unpaired) electrons. The van der Waals surface area contributed by atoms with Crippen molar-refractivity contribution in [2.45, 2.75) is 13.3 Å². The molecule has 1 amide bonds. The van der Waals surface area contributed by atoms with Crippen molar-refractivity contribution in [3.63, 3.8) is 0 Å². The number of rotatable bonds is 5. The third-order valence-electron chi connectivity index (χ3n) is 2.29. The second-order valence-corrected chi connectivity index (χ2v) is 5.14. The summed E-state index contributed by atoms with van der Waals surface area (Å²) in [6.07, 6.45) is 0.254. The van der Waals surface area contributed by atoms with E-state index in [1.54, 1.807) is 12.1 Å². The van der Waals surface area contributed by atoms with E-state index in [4.69, 9.17) is 16.3 Å². The van der Waals surface area contributed by atoms with Crippen LogP contribution in [0, 0.1) is 6.92 Å². The average Bonchev–Trinajstić information content (AvgIpc) is 2.77. The van der Waals surface area contributed by atoms with E-state index < -0.39 is 0 Å². The van der Waals surface area contributed by atoms with Gasteiger partial charge in [-0.25, -0.2) is 4.98 Å². The van der Waals surface area contributed by atoms with Gasteiger partial charge >= 0.3 is 0 Å². The molecule has 0 spiro atoms. The van der Waals surface area contributed by atoms with Gasteiger partial charge in [0.05, 0.1) is 23.7 Å². The molecule has 0 unspecified atom stereocenters. The Morgan fingerprint density at radius 1 is 1.47 bits per heavy atom. The van der Waals surface area contributed by atoms with Crippen molar-refractivity contribution in [3.8, 4) is 5.75 Å². The highest BCUT2D eigenvalue weighted by atomic mass is 35.5. The van der Waals surface area contributed by atoms with Gasteiger partial charge < -0.3 is 10.1 Å². The van der Waals surface area contributed by atoms with Crippen molar-refractivity contribution in [1.29, 1.82) is 0 Å². The molecule has 0 aliphatic carbocycles. The Hall–Kier alpha value is -1.59. The van der Waals surface area contributed by atoms with Crippen molar-refractivity contribution >= 4 is 34.0 Å². The van der Waals surface area contributed by atoms with Gasteiger partial charge in [-0.3, -0.25) is 4.79 Å². The molecule has 2 aromatic rings. The van der Waals surface area contributed by atoms with Gasteiger partial charge in [-0.2, -0.15) is 0 Å². The maximum absolute atomic E-state index is 11.6. The lowest BCUT2D eigenvalue weighted by Crippen LogP contribution is -2.15. The van der Waals surface area contributed by atoms with Gasteiger partial charge in [-0.1, -0.05) is 23.7 Å². The minimum Gasteiger partial charge on any atom is -0.491 e. The Balaban J connectivity index is 1.77. The summed E-state index contributed by atoms with van der Waals surface area (Å²) in [7, 11) is 0. The highest BCUT2D eigenvalue weighted by molar-refractivity contribution is 7.13. The lowest BCUT2D eigenvalue weighted by atomic mass is 10.3. The van der Waals surface area contributed by atoms with Crippen molar-refractivity contribution in [1.82, 2.24) is 4.98 Å². The van der Waals surface area contributed by atoms with Gasteiger partial charge in [0.25, 0.3) is 0 Å². The van der Waals surface area contributed by atoms with Crippen LogP contribution in [0.2, 0.25) is 5.02 Å². The zero-order valence-corrected chi connectivity index (χ0v) is 11.9. The third kappa shape index (κ3) is 4.22. The fourth-order valence-corrected chi connectivity index (χ4v) is 2.30. The number of benzene rings is 1. The number of para-hydroxylation sites is 1. The summed E-state index contributed by atoms with van der Waals surface area (Å²) >= 11 is 7.34. The number of aryl methyl sites for hydroxylation is 1. The molecule has 0 fully saturated rings. The van der Waals surface area contributed by atoms with E-state index in [1.165, 1.54) is 11.3 Å². The van der Waals surface area contributed by atoms with Crippen LogP contribution in [0.15, 0.2) is 29.6 Å². The largest absolute Gasteiger partial charge is 0.491 e. The number of thiazole rings is 1. The first-order chi connectivity index (χ1) is 9.15. The first-order valence-electron chi connectivity index (χ1n) is 5.74. The van der Waals surface area contributed by atoms with E-state index in [0.29, 0.717) is 15.9 Å². The summed E-state index contributed by atoms with van der Waals surface area (Å²) in [5.41, 5.74) is 0.896. The van der Waals surface area contributed by atoms with Crippen LogP contribution in [0.25, 0.3) is 0 Å². The van der Waals surface area contributed by atoms with E-state index >= 15 is 0 Å². The quantitative estimate of drug-likeness (QED) is 0.918. The molecule has 1 aromatic heterocycles. The topological polar surface area (TPSA) is 51.2 Å². The minimum absolute atomic E-state index is 0.124. The van der Waals surface area contributed by atoms with Crippen molar-refractivity contribution < 1.29 is 9.53 Å². The standard InChI is InChI=1S/C13H13ClN2O2S/c1-9-8-19-13(15-9)16-12(17)6-7-18-11-5-3-2-4-10(11)14/h2-5,8H,6-7H2,1H3,(H,15,16,17). The second-order valence-electron chi connectivity index (χ2n) is 3.87. The molecule has 4 nitrogen and oxygen atoms in total. The van der Waals surface area contributed by atoms with Crippen LogP contribution in [-0.2, 0) is 4.79 Å². The van der Waals surface area contributed by atoms with E-state index in [0.717, 1.165) is 5.69 Å². The summed E-state index contributed by atoms with van der Waals surface area (Å²) in [4.78, 5) is 15.8. The maximum Gasteiger partial charge on any atom is 0.229 e. The first-order valence-corrected chi connectivity index (χ1v) is 7.00. The van der Waals surface area contributed by atoms with Gasteiger partial charge in [0.15, 0.2) is 5.13 Å². The Kier molecular flexibility index (Phi) is 4.76. The van der Waals surface area contributed by atoms with E-state index in [2.05, 4.69) is 10.3 Å². The van der Waals surface area contributed by atoms with Gasteiger partial charge in [0.1, 0.15) is 5.75 Å². The molecule has 1 N–H and O–H groups in total. The Labute approximate surface area is 120 Å². The molecule has 1 heterocycles. The molecule has 0 aliphatic rings. The van der Waals surface area contributed by atoms with Crippen LogP contribution in [0.1, 0.15) is 12.1 Å². The molecule has 0 atom stereocenters. The van der Waals surface area contributed by atoms with Crippen LogP contribution < -0.4 is 10.1 Å². The minimum atomic E-state index is -0.124. The van der Waals surface area contributed by atoms with Gasteiger partial charge in [0, 0.05) is 5.38 Å². The number of anilines is 1. The molecule has 2 rings (SSSR count). The highest BCUT2D eigenvalue weighted by Gasteiger charge is 2.06. The van der Waals surface area contributed by atoms with Crippen LogP contribution >= 0.6 is 22.9 Å². The number of hydrogen-bond acceptors (Lipinski definition) is 4. The summed E-state index contributed by atoms with van der Waals surface area (Å²) in [5.74, 6) is 0.462. The number of aromatic nitrogens is 1. The summed E-state index contributed by atoms with van der Waals surface area (Å²) in [5, 5.41) is 5.76. The smallest absolute Gasteiger partial charge is 0.229 e. The SMILES string of the molecule is Cc1csc(NC(=O)CCOc2ccccc2Cl)n1. The van der Waals surface area contributed by atoms with Crippen LogP contribution in [-0.4, -0.2) is 17.5 Å². The highest BCUT2D eigenvalue weighted by Crippen LogP contribution is 2.23. The molecular weight excluding hydrogens is 284 g/mol. The molecule has 100 valence electrons. The predicted octanol–water partition coefficient (Wildman–Crippen LogP) is 3.51. The summed E-state index contributed by atoms with van der Waals surface area (Å²) < 4.78 is 5.44. The normalized spacial score (nSPS) is 10.2. The number of hydrogen-bond donors (Lipinski definition) is 1. The molecule has 0 saturated heterocycles. The number of carbonyl (C=O) groups excluding carboxylic acids is 1. The van der Waals surface area contributed by atoms with Gasteiger partial charge in [0.2, 0.25) is 5.91 Å². The molecular formula is C13H13ClN2O2S. The van der Waals surface area contributed by atoms with Gasteiger partial charge in [-0.05, 0) is 19.1 Å². The zero-order chi connectivity index (χ0) is 13.7. The molecule has 6 heteroatoms. The number of nitrogens with zero attached hydrogens (tertiary/aromatic N) is 1. The van der Waals surface area contributed by atoms with Crippen molar-refractivity contribution in [2.75, 3.05) is 11.9 Å². The monoisotopic (exact) mass is 296 g/mol. The number of nitrogens with one attached hydrogen (secondary N) is 1. The molecule has 0 bridgehead atoms. The first kappa shape index (κ1) is 13.8. The fraction of sp³-hybridized carbons (Fsp3) is 0.231. The van der Waals surface area contributed by atoms with E-state index in [1.807, 2.05) is 24.4 Å². The van der Waals surface area contributed by atoms with E-state index in [9.17, 15) is 4.79 Å². The fourth-order valence-electron chi connectivity index (χ4n) is 1.41. The van der Waals surface area contributed by atoms with Crippen LogP contribution in [0.4, 0.5) is 5.13 Å². The maximum atomic E-state index is 11.6. The van der Waals surface area contributed by atoms with Crippen molar-refractivity contribution in [3.05, 3.63) is 40.4 Å². The lowest BCUT2D eigenvalue weighted by molar-refractivity contribution is -0.116. The summed E-state index contributed by atoms with van der Waals surface area (Å²) in [6.45, 7) is 2.16. The van der Waals surface area contributed by atoms with E-state index in [-0.39, 0.29) is 18.9 Å². The molecule has 1 aromatic carbocycles. The second kappa shape index (κ2) is 6.54. The van der Waals surface area contributed by atoms with Crippen LogP contribution in [0.3, 0.4) is 0 Å². The predicted molar refractivity (Wildman–Crippen MR) is 77.0 cm³/mol. The van der Waals surface area contributed by atoms with Crippen molar-refractivity contribution in [2.24, 2.45) is 0 Å². The third-order valence-corrected chi connectivity index (χ3v) is 3.48. The average molecular weight is 297 g/mol. The number of ether oxygens (including phenoxy) is 1. The molecule has 0 saturated carbocycles. The molecule has 0 aliphatic heterocycles. The Morgan fingerprint density at radius 2 is 2.26 bits per heavy atom. The zero-order valence-electron chi connectivity index (χ0n) is 10.4. The Bertz CT molecular complexity index is 571. The molecule has 19 heavy (non-hydrogen) atoms. The number of amides is 1. The van der Waals surface area contributed by atoms with Gasteiger partial charge in [-0.15, -0.1) is 11.3 Å². The lowest BCUT2D eigenvalue weighted by Gasteiger charge is -2.07. The Morgan fingerprint density at radius 3 is 2.95 bits per heavy atom.